The number of nitro benzene ring substituents is 1. The first-order valence-electron chi connectivity index (χ1n) is 6.86. The van der Waals surface area contributed by atoms with Crippen LogP contribution in [-0.2, 0) is 4.79 Å². The molecule has 22 heavy (non-hydrogen) atoms. The van der Waals surface area contributed by atoms with Crippen molar-refractivity contribution in [3.05, 3.63) is 28.3 Å². The van der Waals surface area contributed by atoms with Crippen molar-refractivity contribution in [3.8, 4) is 5.75 Å². The zero-order chi connectivity index (χ0) is 15.5. The fourth-order valence-electron chi connectivity index (χ4n) is 2.75. The van der Waals surface area contributed by atoms with Crippen molar-refractivity contribution in [2.75, 3.05) is 19.0 Å². The Labute approximate surface area is 134 Å². The largest absolute Gasteiger partial charge is 0.490 e. The highest BCUT2D eigenvalue weighted by atomic mass is 35.5. The van der Waals surface area contributed by atoms with E-state index in [1.54, 1.807) is 6.07 Å². The molecule has 1 aromatic rings. The van der Waals surface area contributed by atoms with E-state index in [1.165, 1.54) is 19.2 Å². The second-order valence-electron chi connectivity index (χ2n) is 5.29. The van der Waals surface area contributed by atoms with Gasteiger partial charge in [-0.05, 0) is 25.0 Å². The van der Waals surface area contributed by atoms with Crippen LogP contribution in [0.2, 0.25) is 0 Å². The average molecular weight is 330 g/mol. The predicted molar refractivity (Wildman–Crippen MR) is 85.5 cm³/mol. The highest BCUT2D eigenvalue weighted by Gasteiger charge is 2.39. The van der Waals surface area contributed by atoms with Gasteiger partial charge in [0.15, 0.2) is 5.75 Å². The van der Waals surface area contributed by atoms with Crippen LogP contribution in [0.15, 0.2) is 18.2 Å². The fraction of sp³-hybridized carbons (Fsp3) is 0.500. The number of anilines is 1. The second-order valence-corrected chi connectivity index (χ2v) is 5.29. The van der Waals surface area contributed by atoms with Crippen LogP contribution in [-0.4, -0.2) is 24.5 Å². The number of nitrogens with one attached hydrogen (secondary N) is 1. The number of hydrogen-bond acceptors (Lipinski definition) is 5. The van der Waals surface area contributed by atoms with E-state index in [9.17, 15) is 14.9 Å². The minimum absolute atomic E-state index is 0. The Balaban J connectivity index is 0.00000242. The van der Waals surface area contributed by atoms with Crippen LogP contribution in [0, 0.1) is 15.5 Å². The van der Waals surface area contributed by atoms with Crippen LogP contribution in [0.4, 0.5) is 11.4 Å². The average Bonchev–Trinajstić information content (AvgIpc) is 2.97. The molecule has 2 rings (SSSR count). The Morgan fingerprint density at radius 1 is 1.45 bits per heavy atom. The third kappa shape index (κ3) is 3.48. The normalized spacial score (nSPS) is 15.7. The van der Waals surface area contributed by atoms with Gasteiger partial charge in [-0.2, -0.15) is 0 Å². The smallest absolute Gasteiger partial charge is 0.312 e. The lowest BCUT2D eigenvalue weighted by atomic mass is 9.85. The lowest BCUT2D eigenvalue weighted by Crippen LogP contribution is -2.40. The van der Waals surface area contributed by atoms with Crippen molar-refractivity contribution in [2.45, 2.75) is 25.7 Å². The molecule has 0 spiro atoms. The zero-order valence-electron chi connectivity index (χ0n) is 12.3. The number of hydrogen-bond donors (Lipinski definition) is 2. The Bertz CT molecular complexity index is 559. The molecule has 0 aliphatic heterocycles. The maximum Gasteiger partial charge on any atom is 0.312 e. The lowest BCUT2D eigenvalue weighted by Gasteiger charge is -2.25. The van der Waals surface area contributed by atoms with Gasteiger partial charge in [0.05, 0.1) is 17.4 Å². The predicted octanol–water partition coefficient (Wildman–Crippen LogP) is 2.48. The van der Waals surface area contributed by atoms with E-state index in [0.29, 0.717) is 5.69 Å². The Kier molecular flexibility index (Phi) is 6.13. The standard InChI is InChI=1S/C14H19N3O4.ClH/c1-21-12-5-4-10(8-11(12)17(19)20)16-13(18)14(9-15)6-2-3-7-14;/h4-5,8H,2-3,6-7,9,15H2,1H3,(H,16,18);1H. The molecule has 0 saturated heterocycles. The maximum absolute atomic E-state index is 12.4. The summed E-state index contributed by atoms with van der Waals surface area (Å²) in [6.07, 6.45) is 3.47. The minimum Gasteiger partial charge on any atom is -0.490 e. The molecular formula is C14H20ClN3O4. The number of methoxy groups -OCH3 is 1. The number of nitrogens with zero attached hydrogens (tertiary/aromatic N) is 1. The molecule has 1 amide bonds. The molecule has 0 heterocycles. The molecule has 1 aromatic carbocycles. The van der Waals surface area contributed by atoms with E-state index in [-0.39, 0.29) is 36.3 Å². The molecule has 0 bridgehead atoms. The Morgan fingerprint density at radius 2 is 2.09 bits per heavy atom. The summed E-state index contributed by atoms with van der Waals surface area (Å²) in [4.78, 5) is 22.9. The van der Waals surface area contributed by atoms with E-state index < -0.39 is 10.3 Å². The summed E-state index contributed by atoms with van der Waals surface area (Å²) in [6.45, 7) is 0.289. The van der Waals surface area contributed by atoms with Gasteiger partial charge < -0.3 is 15.8 Å². The first-order valence-corrected chi connectivity index (χ1v) is 6.86. The summed E-state index contributed by atoms with van der Waals surface area (Å²) in [6, 6.07) is 4.36. The van der Waals surface area contributed by atoms with Gasteiger partial charge in [0.25, 0.3) is 0 Å². The van der Waals surface area contributed by atoms with Gasteiger partial charge in [0.2, 0.25) is 5.91 Å². The molecule has 7 nitrogen and oxygen atoms in total. The van der Waals surface area contributed by atoms with Crippen molar-refractivity contribution >= 4 is 29.7 Å². The van der Waals surface area contributed by atoms with Gasteiger partial charge in [-0.3, -0.25) is 14.9 Å². The quantitative estimate of drug-likeness (QED) is 0.637. The van der Waals surface area contributed by atoms with Gasteiger partial charge >= 0.3 is 5.69 Å². The van der Waals surface area contributed by atoms with Crippen molar-refractivity contribution in [2.24, 2.45) is 11.1 Å². The summed E-state index contributed by atoms with van der Waals surface area (Å²) in [5.74, 6) is -0.00521. The van der Waals surface area contributed by atoms with E-state index in [0.717, 1.165) is 25.7 Å². The maximum atomic E-state index is 12.4. The molecule has 1 saturated carbocycles. The monoisotopic (exact) mass is 329 g/mol. The van der Waals surface area contributed by atoms with E-state index in [4.69, 9.17) is 10.5 Å². The van der Waals surface area contributed by atoms with Gasteiger partial charge in [-0.1, -0.05) is 12.8 Å². The molecule has 0 aromatic heterocycles. The van der Waals surface area contributed by atoms with Gasteiger partial charge in [0.1, 0.15) is 0 Å². The molecule has 0 radical (unpaired) electrons. The molecule has 1 aliphatic carbocycles. The fourth-order valence-corrected chi connectivity index (χ4v) is 2.75. The first kappa shape index (κ1) is 18.2. The van der Waals surface area contributed by atoms with Crippen LogP contribution < -0.4 is 15.8 Å². The second kappa shape index (κ2) is 7.42. The number of halogens is 1. The van der Waals surface area contributed by atoms with E-state index in [2.05, 4.69) is 5.32 Å². The molecule has 1 aliphatic rings. The summed E-state index contributed by atoms with van der Waals surface area (Å²) in [5, 5.41) is 13.7. The van der Waals surface area contributed by atoms with Crippen LogP contribution in [0.1, 0.15) is 25.7 Å². The molecule has 0 unspecified atom stereocenters. The van der Waals surface area contributed by atoms with Crippen LogP contribution in [0.5, 0.6) is 5.75 Å². The number of rotatable bonds is 5. The van der Waals surface area contributed by atoms with Gasteiger partial charge in [-0.15, -0.1) is 12.4 Å². The van der Waals surface area contributed by atoms with Crippen LogP contribution in [0.25, 0.3) is 0 Å². The number of amides is 1. The highest BCUT2D eigenvalue weighted by molar-refractivity contribution is 5.96. The SMILES string of the molecule is COc1ccc(NC(=O)C2(CN)CCCC2)cc1[N+](=O)[O-].Cl. The van der Waals surface area contributed by atoms with Crippen LogP contribution >= 0.6 is 12.4 Å². The number of carbonyl (C=O) groups is 1. The van der Waals surface area contributed by atoms with E-state index >= 15 is 0 Å². The number of benzene rings is 1. The third-order valence-electron chi connectivity index (χ3n) is 4.07. The van der Waals surface area contributed by atoms with Crippen LogP contribution in [0.3, 0.4) is 0 Å². The lowest BCUT2D eigenvalue weighted by molar-refractivity contribution is -0.385. The number of nitro groups is 1. The number of nitrogens with two attached hydrogens (primary N) is 1. The first-order chi connectivity index (χ1) is 10.0. The molecule has 3 N–H and O–H groups in total. The molecule has 1 fully saturated rings. The summed E-state index contributed by atoms with van der Waals surface area (Å²) in [7, 11) is 1.36. The molecule has 122 valence electrons. The summed E-state index contributed by atoms with van der Waals surface area (Å²) >= 11 is 0. The highest BCUT2D eigenvalue weighted by Crippen LogP contribution is 2.38. The summed E-state index contributed by atoms with van der Waals surface area (Å²) in [5.41, 5.74) is 5.42. The Hall–Kier alpha value is -1.86. The topological polar surface area (TPSA) is 107 Å². The van der Waals surface area contributed by atoms with Crippen molar-refractivity contribution in [3.63, 3.8) is 0 Å². The van der Waals surface area contributed by atoms with Crippen molar-refractivity contribution in [1.82, 2.24) is 0 Å². The number of carbonyl (C=O) groups excluding carboxylic acids is 1. The zero-order valence-corrected chi connectivity index (χ0v) is 13.1. The number of ether oxygens (including phenoxy) is 1. The Morgan fingerprint density at radius 3 is 2.59 bits per heavy atom. The van der Waals surface area contributed by atoms with Crippen molar-refractivity contribution < 1.29 is 14.5 Å². The van der Waals surface area contributed by atoms with E-state index in [1.807, 2.05) is 0 Å². The molecular weight excluding hydrogens is 310 g/mol. The van der Waals surface area contributed by atoms with Crippen molar-refractivity contribution in [1.29, 1.82) is 0 Å². The molecule has 8 heteroatoms. The third-order valence-corrected chi connectivity index (χ3v) is 4.07. The minimum atomic E-state index is -0.547. The summed E-state index contributed by atoms with van der Waals surface area (Å²) < 4.78 is 4.93. The van der Waals surface area contributed by atoms with Gasteiger partial charge in [-0.25, -0.2) is 0 Å². The van der Waals surface area contributed by atoms with Gasteiger partial charge in [0, 0.05) is 18.3 Å². The molecule has 0 atom stereocenters.